The van der Waals surface area contributed by atoms with E-state index in [0.717, 1.165) is 4.57 Å². The lowest BCUT2D eigenvalue weighted by molar-refractivity contribution is -0.144. The number of hydrogen-bond donors (Lipinski definition) is 2. The van der Waals surface area contributed by atoms with E-state index in [9.17, 15) is 24.0 Å². The minimum atomic E-state index is -0.737. The van der Waals surface area contributed by atoms with Crippen molar-refractivity contribution in [2.24, 2.45) is 0 Å². The molecule has 0 aliphatic carbocycles. The maximum Gasteiger partial charge on any atom is 0.409 e. The third-order valence-electron chi connectivity index (χ3n) is 3.55. The zero-order valence-corrected chi connectivity index (χ0v) is 17.4. The fourth-order valence-electron chi connectivity index (χ4n) is 2.21. The average Bonchev–Trinajstić information content (AvgIpc) is 2.58. The Hall–Kier alpha value is -3.11. The monoisotopic (exact) mass is 412 g/mol. The number of aromatic amines is 1. The summed E-state index contributed by atoms with van der Waals surface area (Å²) in [5.74, 6) is -1.04. The number of amides is 2. The van der Waals surface area contributed by atoms with Crippen molar-refractivity contribution >= 4 is 18.0 Å². The molecule has 0 spiro atoms. The molecule has 0 saturated heterocycles. The van der Waals surface area contributed by atoms with Gasteiger partial charge in [-0.25, -0.2) is 9.59 Å². The van der Waals surface area contributed by atoms with Crippen LogP contribution in [-0.2, 0) is 25.6 Å². The topological polar surface area (TPSA) is 140 Å². The second-order valence-corrected chi connectivity index (χ2v) is 7.25. The number of carbonyl (C=O) groups is 3. The summed E-state index contributed by atoms with van der Waals surface area (Å²) < 4.78 is 11.0. The van der Waals surface area contributed by atoms with Crippen LogP contribution in [0.3, 0.4) is 0 Å². The fourth-order valence-corrected chi connectivity index (χ4v) is 2.21. The lowest BCUT2D eigenvalue weighted by atomic mass is 10.2. The summed E-state index contributed by atoms with van der Waals surface area (Å²) in [5, 5.41) is 2.44. The number of alkyl carbamates (subject to hydrolysis) is 1. The van der Waals surface area contributed by atoms with E-state index in [0.29, 0.717) is 0 Å². The van der Waals surface area contributed by atoms with Crippen molar-refractivity contribution in [1.29, 1.82) is 0 Å². The third kappa shape index (κ3) is 8.62. The maximum atomic E-state index is 12.7. The van der Waals surface area contributed by atoms with Gasteiger partial charge in [0, 0.05) is 18.3 Å². The van der Waals surface area contributed by atoms with Crippen LogP contribution >= 0.6 is 0 Å². The fraction of sp³-hybridized carbons (Fsp3) is 0.611. The Morgan fingerprint density at radius 3 is 2.48 bits per heavy atom. The van der Waals surface area contributed by atoms with Crippen LogP contribution in [-0.4, -0.2) is 57.8 Å². The van der Waals surface area contributed by atoms with Crippen molar-refractivity contribution in [1.82, 2.24) is 19.8 Å². The first-order chi connectivity index (χ1) is 13.4. The van der Waals surface area contributed by atoms with Crippen LogP contribution in [0, 0.1) is 6.92 Å². The van der Waals surface area contributed by atoms with Crippen LogP contribution < -0.4 is 16.6 Å². The van der Waals surface area contributed by atoms with Gasteiger partial charge in [0.15, 0.2) is 0 Å². The van der Waals surface area contributed by atoms with Gasteiger partial charge < -0.3 is 19.7 Å². The van der Waals surface area contributed by atoms with Gasteiger partial charge in [-0.2, -0.15) is 0 Å². The summed E-state index contributed by atoms with van der Waals surface area (Å²) in [6.07, 6.45) is 0.447. The SMILES string of the molecule is CCOC(=O)CCN(CNC(=O)OC(C)(C)C)C(=O)Cn1cc(C)c(=O)[nH]c1=O. The molecule has 0 fully saturated rings. The molecule has 2 N–H and O–H groups in total. The minimum absolute atomic E-state index is 0.0372. The highest BCUT2D eigenvalue weighted by Gasteiger charge is 2.20. The molecule has 0 aliphatic rings. The Morgan fingerprint density at radius 2 is 1.90 bits per heavy atom. The van der Waals surface area contributed by atoms with E-state index < -0.39 is 34.8 Å². The van der Waals surface area contributed by atoms with Crippen LogP contribution in [0.2, 0.25) is 0 Å². The molecule has 1 rings (SSSR count). The second-order valence-electron chi connectivity index (χ2n) is 7.25. The average molecular weight is 412 g/mol. The number of aryl methyl sites for hydroxylation is 1. The third-order valence-corrected chi connectivity index (χ3v) is 3.55. The quantitative estimate of drug-likeness (QED) is 0.456. The normalized spacial score (nSPS) is 10.9. The van der Waals surface area contributed by atoms with Gasteiger partial charge in [-0.1, -0.05) is 0 Å². The van der Waals surface area contributed by atoms with E-state index in [1.54, 1.807) is 27.7 Å². The van der Waals surface area contributed by atoms with Crippen LogP contribution in [0.25, 0.3) is 0 Å². The van der Waals surface area contributed by atoms with Gasteiger partial charge in [-0.3, -0.25) is 23.9 Å². The summed E-state index contributed by atoms with van der Waals surface area (Å²) in [6.45, 7) is 7.81. The lowest BCUT2D eigenvalue weighted by Gasteiger charge is -2.25. The van der Waals surface area contributed by atoms with E-state index in [-0.39, 0.29) is 38.3 Å². The summed E-state index contributed by atoms with van der Waals surface area (Å²) in [7, 11) is 0. The van der Waals surface area contributed by atoms with E-state index in [2.05, 4.69) is 10.3 Å². The highest BCUT2D eigenvalue weighted by atomic mass is 16.6. The van der Waals surface area contributed by atoms with Gasteiger partial charge in [0.05, 0.1) is 19.7 Å². The number of aromatic nitrogens is 2. The Labute approximate surface area is 168 Å². The van der Waals surface area contributed by atoms with Crippen molar-refractivity contribution in [3.63, 3.8) is 0 Å². The summed E-state index contributed by atoms with van der Waals surface area (Å²) in [4.78, 5) is 62.8. The Bertz CT molecular complexity index is 851. The molecular weight excluding hydrogens is 384 g/mol. The number of hydrogen-bond acceptors (Lipinski definition) is 7. The molecule has 29 heavy (non-hydrogen) atoms. The molecule has 0 radical (unpaired) electrons. The molecule has 11 nitrogen and oxygen atoms in total. The van der Waals surface area contributed by atoms with Crippen LogP contribution in [0.4, 0.5) is 4.79 Å². The number of ether oxygens (including phenoxy) is 2. The van der Waals surface area contributed by atoms with E-state index in [1.807, 2.05) is 0 Å². The van der Waals surface area contributed by atoms with Crippen molar-refractivity contribution in [3.05, 3.63) is 32.6 Å². The van der Waals surface area contributed by atoms with E-state index in [4.69, 9.17) is 9.47 Å². The maximum absolute atomic E-state index is 12.7. The van der Waals surface area contributed by atoms with Gasteiger partial charge in [0.25, 0.3) is 5.56 Å². The van der Waals surface area contributed by atoms with Gasteiger partial charge in [-0.15, -0.1) is 0 Å². The number of nitrogens with zero attached hydrogens (tertiary/aromatic N) is 2. The summed E-state index contributed by atoms with van der Waals surface area (Å²) in [6, 6.07) is 0. The first-order valence-electron chi connectivity index (χ1n) is 9.13. The Kier molecular flexibility index (Phi) is 8.61. The smallest absolute Gasteiger partial charge is 0.409 e. The van der Waals surface area contributed by atoms with Crippen LogP contribution in [0.1, 0.15) is 39.7 Å². The van der Waals surface area contributed by atoms with E-state index >= 15 is 0 Å². The molecule has 1 aromatic heterocycles. The number of rotatable bonds is 8. The molecule has 0 aliphatic heterocycles. The molecule has 2 amide bonds. The molecule has 162 valence electrons. The van der Waals surface area contributed by atoms with Crippen molar-refractivity contribution in [2.45, 2.75) is 53.2 Å². The first kappa shape index (κ1) is 23.9. The predicted octanol–water partition coefficient (Wildman–Crippen LogP) is 0.109. The predicted molar refractivity (Wildman–Crippen MR) is 103 cm³/mol. The zero-order chi connectivity index (χ0) is 22.2. The number of nitrogens with one attached hydrogen (secondary N) is 2. The number of H-pyrrole nitrogens is 1. The minimum Gasteiger partial charge on any atom is -0.466 e. The standard InChI is InChI=1S/C18H28N4O7/c1-6-28-14(24)7-8-21(11-19-17(27)29-18(3,4)5)13(23)10-22-9-12(2)15(25)20-16(22)26/h9H,6-8,10-11H2,1-5H3,(H,19,27)(H,20,25,26). The first-order valence-corrected chi connectivity index (χ1v) is 9.13. The van der Waals surface area contributed by atoms with Crippen molar-refractivity contribution in [2.75, 3.05) is 19.8 Å². The van der Waals surface area contributed by atoms with Gasteiger partial charge >= 0.3 is 17.8 Å². The lowest BCUT2D eigenvalue weighted by Crippen LogP contribution is -2.46. The summed E-state index contributed by atoms with van der Waals surface area (Å²) >= 11 is 0. The number of esters is 1. The van der Waals surface area contributed by atoms with Crippen LogP contribution in [0.15, 0.2) is 15.8 Å². The molecule has 1 aromatic rings. The largest absolute Gasteiger partial charge is 0.466 e. The highest BCUT2D eigenvalue weighted by Crippen LogP contribution is 2.06. The van der Waals surface area contributed by atoms with Crippen molar-refractivity contribution in [3.8, 4) is 0 Å². The van der Waals surface area contributed by atoms with Gasteiger partial charge in [0.1, 0.15) is 12.1 Å². The highest BCUT2D eigenvalue weighted by molar-refractivity contribution is 5.77. The molecule has 0 aromatic carbocycles. The van der Waals surface area contributed by atoms with Gasteiger partial charge in [0.2, 0.25) is 5.91 Å². The second kappa shape index (κ2) is 10.4. The molecule has 0 unspecified atom stereocenters. The zero-order valence-electron chi connectivity index (χ0n) is 17.4. The molecule has 1 heterocycles. The molecule has 0 bridgehead atoms. The van der Waals surface area contributed by atoms with Crippen LogP contribution in [0.5, 0.6) is 0 Å². The molecule has 11 heteroatoms. The number of carbonyl (C=O) groups excluding carboxylic acids is 3. The molecular formula is C18H28N4O7. The van der Waals surface area contributed by atoms with E-state index in [1.165, 1.54) is 18.0 Å². The molecule has 0 atom stereocenters. The Morgan fingerprint density at radius 1 is 1.24 bits per heavy atom. The van der Waals surface area contributed by atoms with Crippen molar-refractivity contribution < 1.29 is 23.9 Å². The molecule has 0 saturated carbocycles. The van der Waals surface area contributed by atoms with Gasteiger partial charge in [-0.05, 0) is 34.6 Å². The summed E-state index contributed by atoms with van der Waals surface area (Å²) in [5.41, 5.74) is -1.73. The Balaban J connectivity index is 2.88.